The number of H-pyrrole nitrogens is 1. The first-order valence-corrected chi connectivity index (χ1v) is 2.61. The summed E-state index contributed by atoms with van der Waals surface area (Å²) in [6, 6.07) is 0. The van der Waals surface area contributed by atoms with Gasteiger partial charge in [-0.05, 0) is 0 Å². The fraction of sp³-hybridized carbons (Fsp3) is 0. The first-order valence-electron chi connectivity index (χ1n) is 2.61. The van der Waals surface area contributed by atoms with Crippen LogP contribution in [0.15, 0.2) is 17.3 Å². The molecular weight excluding hydrogens is 134 g/mol. The van der Waals surface area contributed by atoms with Crippen LogP contribution in [-0.4, -0.2) is 24.8 Å². The highest BCUT2D eigenvalue weighted by atomic mass is 16.1. The van der Waals surface area contributed by atoms with Crippen LogP contribution in [-0.2, 0) is 0 Å². The molecule has 10 heavy (non-hydrogen) atoms. The molecule has 0 radical (unpaired) electrons. The summed E-state index contributed by atoms with van der Waals surface area (Å²) in [5.74, 6) is 0. The molecule has 0 aliphatic heterocycles. The van der Waals surface area contributed by atoms with Crippen LogP contribution in [0.25, 0.3) is 5.65 Å². The monoisotopic (exact) mass is 137 g/mol. The van der Waals surface area contributed by atoms with Crippen molar-refractivity contribution in [1.29, 1.82) is 0 Å². The van der Waals surface area contributed by atoms with E-state index in [1.807, 2.05) is 0 Å². The van der Waals surface area contributed by atoms with Gasteiger partial charge in [0.1, 0.15) is 6.33 Å². The van der Waals surface area contributed by atoms with Gasteiger partial charge in [0, 0.05) is 0 Å². The number of hydrogen-bond donors (Lipinski definition) is 1. The Morgan fingerprint density at radius 2 is 2.40 bits per heavy atom. The normalized spacial score (nSPS) is 10.4. The molecule has 2 rings (SSSR count). The Bertz CT molecular complexity index is 401. The zero-order valence-electron chi connectivity index (χ0n) is 4.85. The Hall–Kier alpha value is -1.72. The molecule has 0 fully saturated rings. The van der Waals surface area contributed by atoms with E-state index in [-0.39, 0.29) is 0 Å². The first-order chi connectivity index (χ1) is 4.88. The fourth-order valence-electron chi connectivity index (χ4n) is 0.680. The average molecular weight is 137 g/mol. The molecule has 0 amide bonds. The van der Waals surface area contributed by atoms with E-state index in [1.165, 1.54) is 12.5 Å². The van der Waals surface area contributed by atoms with Gasteiger partial charge in [-0.25, -0.2) is 15.0 Å². The van der Waals surface area contributed by atoms with Crippen LogP contribution < -0.4 is 5.69 Å². The molecule has 0 spiro atoms. The Morgan fingerprint density at radius 1 is 1.50 bits per heavy atom. The second kappa shape index (κ2) is 1.63. The van der Waals surface area contributed by atoms with Gasteiger partial charge < -0.3 is 0 Å². The average Bonchev–Trinajstić information content (AvgIpc) is 2.36. The van der Waals surface area contributed by atoms with Crippen LogP contribution in [0.1, 0.15) is 0 Å². The van der Waals surface area contributed by atoms with Crippen molar-refractivity contribution in [1.82, 2.24) is 24.8 Å². The van der Waals surface area contributed by atoms with E-state index in [2.05, 4.69) is 20.3 Å². The molecule has 0 atom stereocenters. The van der Waals surface area contributed by atoms with Gasteiger partial charge in [-0.2, -0.15) is 14.6 Å². The molecule has 0 saturated heterocycles. The van der Waals surface area contributed by atoms with E-state index < -0.39 is 5.69 Å². The lowest BCUT2D eigenvalue weighted by Gasteiger charge is -1.83. The van der Waals surface area contributed by atoms with Crippen molar-refractivity contribution in [3.8, 4) is 0 Å². The minimum Gasteiger partial charge on any atom is -0.244 e. The maximum absolute atomic E-state index is 10.8. The highest BCUT2D eigenvalue weighted by molar-refractivity contribution is 5.29. The molecule has 0 aliphatic carbocycles. The first kappa shape index (κ1) is 5.10. The largest absolute Gasteiger partial charge is 0.371 e. The predicted octanol–water partition coefficient (Wildman–Crippen LogP) is -1.19. The van der Waals surface area contributed by atoms with Crippen LogP contribution in [0.3, 0.4) is 0 Å². The SMILES string of the molecule is O=c1ncnc2cn[nH]n12. The zero-order chi connectivity index (χ0) is 6.97. The van der Waals surface area contributed by atoms with E-state index in [9.17, 15) is 4.79 Å². The molecule has 0 bridgehead atoms. The molecule has 0 saturated carbocycles. The number of rotatable bonds is 0. The summed E-state index contributed by atoms with van der Waals surface area (Å²) in [5, 5.41) is 6.01. The summed E-state index contributed by atoms with van der Waals surface area (Å²) in [6.07, 6.45) is 2.65. The summed E-state index contributed by atoms with van der Waals surface area (Å²) < 4.78 is 1.15. The quantitative estimate of drug-likeness (QED) is 0.495. The molecule has 0 aliphatic rings. The van der Waals surface area contributed by atoms with E-state index in [0.717, 1.165) is 4.52 Å². The van der Waals surface area contributed by atoms with Crippen molar-refractivity contribution < 1.29 is 0 Å². The van der Waals surface area contributed by atoms with Gasteiger partial charge in [-0.1, -0.05) is 0 Å². The second-order valence-corrected chi connectivity index (χ2v) is 1.71. The topological polar surface area (TPSA) is 75.9 Å². The molecule has 0 unspecified atom stereocenters. The Morgan fingerprint density at radius 3 is 3.20 bits per heavy atom. The van der Waals surface area contributed by atoms with Gasteiger partial charge in [0.2, 0.25) is 0 Å². The van der Waals surface area contributed by atoms with E-state index in [1.54, 1.807) is 0 Å². The summed E-state index contributed by atoms with van der Waals surface area (Å²) in [4.78, 5) is 17.9. The van der Waals surface area contributed by atoms with Crippen molar-refractivity contribution in [2.24, 2.45) is 0 Å². The highest BCUT2D eigenvalue weighted by Gasteiger charge is 1.95. The Kier molecular flexibility index (Phi) is 0.830. The van der Waals surface area contributed by atoms with Gasteiger partial charge in [-0.15, -0.1) is 0 Å². The van der Waals surface area contributed by atoms with Crippen molar-refractivity contribution in [3.05, 3.63) is 23.0 Å². The Labute approximate surface area is 54.5 Å². The number of nitrogens with zero attached hydrogens (tertiary/aromatic N) is 4. The molecular formula is C4H3N5O. The van der Waals surface area contributed by atoms with Crippen LogP contribution in [0.2, 0.25) is 0 Å². The van der Waals surface area contributed by atoms with Gasteiger partial charge in [-0.3, -0.25) is 0 Å². The summed E-state index contributed by atoms with van der Waals surface area (Å²) in [6.45, 7) is 0. The number of fused-ring (bicyclic) bond motifs is 1. The van der Waals surface area contributed by atoms with Crippen molar-refractivity contribution >= 4 is 5.65 Å². The number of hydrogen-bond acceptors (Lipinski definition) is 4. The minimum atomic E-state index is -0.400. The van der Waals surface area contributed by atoms with Crippen molar-refractivity contribution in [2.75, 3.05) is 0 Å². The molecule has 2 heterocycles. The van der Waals surface area contributed by atoms with Crippen molar-refractivity contribution in [3.63, 3.8) is 0 Å². The third-order valence-electron chi connectivity index (χ3n) is 1.12. The summed E-state index contributed by atoms with van der Waals surface area (Å²) in [7, 11) is 0. The van der Waals surface area contributed by atoms with Crippen molar-refractivity contribution in [2.45, 2.75) is 0 Å². The summed E-state index contributed by atoms with van der Waals surface area (Å²) >= 11 is 0. The maximum atomic E-state index is 10.8. The van der Waals surface area contributed by atoms with Gasteiger partial charge in [0.15, 0.2) is 5.65 Å². The molecule has 6 nitrogen and oxygen atoms in total. The third-order valence-corrected chi connectivity index (χ3v) is 1.12. The maximum Gasteiger partial charge on any atom is 0.371 e. The Balaban J connectivity index is 3.09. The lowest BCUT2D eigenvalue weighted by molar-refractivity contribution is 0.784. The number of aromatic amines is 1. The van der Waals surface area contributed by atoms with Crippen LogP contribution in [0.4, 0.5) is 0 Å². The van der Waals surface area contributed by atoms with Crippen LogP contribution in [0, 0.1) is 0 Å². The molecule has 0 aromatic carbocycles. The lowest BCUT2D eigenvalue weighted by atomic mass is 10.8. The highest BCUT2D eigenvalue weighted by Crippen LogP contribution is 1.83. The molecule has 50 valence electrons. The molecule has 1 N–H and O–H groups in total. The standard InChI is InChI=1S/C4H3N5O/c10-4-6-2-5-3-1-7-8-9(3)4/h1-2,8H. The molecule has 2 aromatic heterocycles. The van der Waals surface area contributed by atoms with Gasteiger partial charge in [0.05, 0.1) is 6.20 Å². The second-order valence-electron chi connectivity index (χ2n) is 1.71. The fourth-order valence-corrected chi connectivity index (χ4v) is 0.680. The molecule has 6 heteroatoms. The molecule has 2 aromatic rings. The smallest absolute Gasteiger partial charge is 0.244 e. The van der Waals surface area contributed by atoms with E-state index >= 15 is 0 Å². The van der Waals surface area contributed by atoms with Gasteiger partial charge >= 0.3 is 5.69 Å². The van der Waals surface area contributed by atoms with E-state index in [4.69, 9.17) is 0 Å². The van der Waals surface area contributed by atoms with Crippen LogP contribution in [0.5, 0.6) is 0 Å². The summed E-state index contributed by atoms with van der Waals surface area (Å²) in [5.41, 5.74) is 0.0718. The predicted molar refractivity (Wildman–Crippen MR) is 31.4 cm³/mol. The van der Waals surface area contributed by atoms with Gasteiger partial charge in [0.25, 0.3) is 0 Å². The number of nitrogens with one attached hydrogen (secondary N) is 1. The minimum absolute atomic E-state index is 0.400. The lowest BCUT2D eigenvalue weighted by Crippen LogP contribution is -2.17. The van der Waals surface area contributed by atoms with E-state index in [0.29, 0.717) is 5.65 Å². The third kappa shape index (κ3) is 0.524. The van der Waals surface area contributed by atoms with Crippen LogP contribution >= 0.6 is 0 Å². The number of aromatic nitrogens is 5. The zero-order valence-corrected chi connectivity index (χ0v) is 4.85.